The molecular weight excluding hydrogens is 178 g/mol. The van der Waals surface area contributed by atoms with Crippen LogP contribution in [0.15, 0.2) is 0 Å². The Morgan fingerprint density at radius 3 is 2.36 bits per heavy atom. The van der Waals surface area contributed by atoms with Crippen LogP contribution in [0.2, 0.25) is 0 Å². The highest BCUT2D eigenvalue weighted by molar-refractivity contribution is 5.82. The van der Waals surface area contributed by atoms with E-state index in [2.05, 4.69) is 16.7 Å². The fourth-order valence-corrected chi connectivity index (χ4v) is 1.66. The molecule has 0 N–H and O–H groups in total. The molecular formula is C10H17N3O. The molecule has 0 unspecified atom stereocenters. The van der Waals surface area contributed by atoms with E-state index >= 15 is 0 Å². The second-order valence-corrected chi connectivity index (χ2v) is 3.58. The number of hydrogen-bond acceptors (Lipinski definition) is 4. The normalized spacial score (nSPS) is 19.1. The monoisotopic (exact) mass is 195 g/mol. The van der Waals surface area contributed by atoms with Crippen LogP contribution < -0.4 is 0 Å². The summed E-state index contributed by atoms with van der Waals surface area (Å²) in [5, 5.41) is 8.35. The number of nitriles is 1. The van der Waals surface area contributed by atoms with Crippen LogP contribution in [0.25, 0.3) is 0 Å². The molecule has 0 atom stereocenters. The summed E-state index contributed by atoms with van der Waals surface area (Å²) in [5.74, 6) is 0.0393. The van der Waals surface area contributed by atoms with E-state index in [1.165, 1.54) is 0 Å². The molecule has 4 heteroatoms. The van der Waals surface area contributed by atoms with Crippen molar-refractivity contribution in [2.75, 3.05) is 39.3 Å². The van der Waals surface area contributed by atoms with Crippen molar-refractivity contribution >= 4 is 5.78 Å². The first-order chi connectivity index (χ1) is 6.76. The highest BCUT2D eigenvalue weighted by Crippen LogP contribution is 2.01. The maximum atomic E-state index is 11.2. The van der Waals surface area contributed by atoms with E-state index < -0.39 is 0 Å². The predicted octanol–water partition coefficient (Wildman–Crippen LogP) is 0.107. The van der Waals surface area contributed by atoms with E-state index in [1.807, 2.05) is 6.07 Å². The lowest BCUT2D eigenvalue weighted by molar-refractivity contribution is -0.119. The molecule has 0 bridgehead atoms. The summed E-state index contributed by atoms with van der Waals surface area (Å²) in [6.07, 6.45) is 0.0496. The van der Waals surface area contributed by atoms with Gasteiger partial charge in [0, 0.05) is 26.2 Å². The van der Waals surface area contributed by atoms with Gasteiger partial charge >= 0.3 is 0 Å². The highest BCUT2D eigenvalue weighted by atomic mass is 16.1. The summed E-state index contributed by atoms with van der Waals surface area (Å²) in [6.45, 7) is 7.66. The fraction of sp³-hybridized carbons (Fsp3) is 0.800. The maximum absolute atomic E-state index is 11.2. The second-order valence-electron chi connectivity index (χ2n) is 3.58. The molecule has 0 aromatic rings. The van der Waals surface area contributed by atoms with E-state index in [9.17, 15) is 4.79 Å². The first-order valence-corrected chi connectivity index (χ1v) is 5.09. The summed E-state index contributed by atoms with van der Waals surface area (Å²) in [6, 6.07) is 1.89. The Hall–Kier alpha value is -0.920. The van der Waals surface area contributed by atoms with Crippen LogP contribution >= 0.6 is 0 Å². The molecule has 0 aromatic heterocycles. The molecule has 1 aliphatic heterocycles. The minimum Gasteiger partial charge on any atom is -0.301 e. The molecule has 14 heavy (non-hydrogen) atoms. The first kappa shape index (κ1) is 11.2. The summed E-state index contributed by atoms with van der Waals surface area (Å²) < 4.78 is 0. The first-order valence-electron chi connectivity index (χ1n) is 5.09. The van der Waals surface area contributed by atoms with Crippen molar-refractivity contribution in [3.05, 3.63) is 0 Å². The molecule has 0 spiro atoms. The van der Waals surface area contributed by atoms with E-state index in [0.717, 1.165) is 32.7 Å². The molecule has 0 aliphatic carbocycles. The Balaban J connectivity index is 2.22. The number of Topliss-reactive ketones (excluding diaryl/α,β-unsaturated/α-hetero) is 1. The molecule has 1 fully saturated rings. The van der Waals surface area contributed by atoms with Gasteiger partial charge in [0.15, 0.2) is 5.78 Å². The van der Waals surface area contributed by atoms with Gasteiger partial charge in [-0.1, -0.05) is 6.92 Å². The largest absolute Gasteiger partial charge is 0.301 e. The smallest absolute Gasteiger partial charge is 0.160 e. The Morgan fingerprint density at radius 2 is 1.86 bits per heavy atom. The number of ketones is 1. The van der Waals surface area contributed by atoms with Crippen molar-refractivity contribution in [1.29, 1.82) is 5.26 Å². The lowest BCUT2D eigenvalue weighted by atomic mass is 10.2. The van der Waals surface area contributed by atoms with Gasteiger partial charge in [0.1, 0.15) is 0 Å². The topological polar surface area (TPSA) is 47.3 Å². The standard InChI is InChI=1S/C10H17N3O/c1-2-12-5-7-13(8-6-12)9-10(14)3-4-11/h2-3,5-9H2,1H3. The number of hydrogen-bond donors (Lipinski definition) is 0. The van der Waals surface area contributed by atoms with E-state index in [-0.39, 0.29) is 12.2 Å². The third-order valence-corrected chi connectivity index (χ3v) is 2.59. The van der Waals surface area contributed by atoms with Gasteiger partial charge in [-0.15, -0.1) is 0 Å². The fourth-order valence-electron chi connectivity index (χ4n) is 1.66. The van der Waals surface area contributed by atoms with E-state index in [0.29, 0.717) is 6.54 Å². The minimum absolute atomic E-state index is 0.0393. The Bertz CT molecular complexity index is 226. The van der Waals surface area contributed by atoms with Gasteiger partial charge in [0.05, 0.1) is 19.0 Å². The van der Waals surface area contributed by atoms with Gasteiger partial charge in [-0.25, -0.2) is 0 Å². The molecule has 78 valence electrons. The summed E-state index contributed by atoms with van der Waals surface area (Å²) in [5.41, 5.74) is 0. The Kier molecular flexibility index (Phi) is 4.57. The van der Waals surface area contributed by atoms with Gasteiger partial charge in [-0.2, -0.15) is 5.26 Å². The Labute approximate surface area is 85.1 Å². The lowest BCUT2D eigenvalue weighted by Gasteiger charge is -2.33. The average Bonchev–Trinajstić information content (AvgIpc) is 2.19. The number of carbonyl (C=O) groups is 1. The highest BCUT2D eigenvalue weighted by Gasteiger charge is 2.17. The van der Waals surface area contributed by atoms with Crippen LogP contribution in [0, 0.1) is 11.3 Å². The summed E-state index contributed by atoms with van der Waals surface area (Å²) in [4.78, 5) is 15.7. The lowest BCUT2D eigenvalue weighted by Crippen LogP contribution is -2.47. The van der Waals surface area contributed by atoms with Gasteiger partial charge in [0.25, 0.3) is 0 Å². The summed E-state index contributed by atoms with van der Waals surface area (Å²) >= 11 is 0. The number of piperazine rings is 1. The van der Waals surface area contributed by atoms with Crippen LogP contribution in [-0.4, -0.2) is 54.9 Å². The quantitative estimate of drug-likeness (QED) is 0.638. The van der Waals surface area contributed by atoms with Crippen LogP contribution in [0.3, 0.4) is 0 Å². The van der Waals surface area contributed by atoms with Crippen molar-refractivity contribution in [1.82, 2.24) is 9.80 Å². The zero-order chi connectivity index (χ0) is 10.4. The molecule has 0 amide bonds. The predicted molar refractivity (Wildman–Crippen MR) is 53.8 cm³/mol. The molecule has 1 rings (SSSR count). The van der Waals surface area contributed by atoms with Gasteiger partial charge < -0.3 is 4.90 Å². The van der Waals surface area contributed by atoms with Crippen molar-refractivity contribution in [3.63, 3.8) is 0 Å². The zero-order valence-corrected chi connectivity index (χ0v) is 8.70. The van der Waals surface area contributed by atoms with Gasteiger partial charge in [0.2, 0.25) is 0 Å². The van der Waals surface area contributed by atoms with E-state index in [4.69, 9.17) is 5.26 Å². The van der Waals surface area contributed by atoms with Crippen LogP contribution in [0.4, 0.5) is 0 Å². The van der Waals surface area contributed by atoms with E-state index in [1.54, 1.807) is 0 Å². The zero-order valence-electron chi connectivity index (χ0n) is 8.70. The molecule has 4 nitrogen and oxygen atoms in total. The molecule has 0 saturated carbocycles. The van der Waals surface area contributed by atoms with Crippen LogP contribution in [-0.2, 0) is 4.79 Å². The molecule has 1 saturated heterocycles. The van der Waals surface area contributed by atoms with Crippen LogP contribution in [0.1, 0.15) is 13.3 Å². The molecule has 1 heterocycles. The number of carbonyl (C=O) groups excluding carboxylic acids is 1. The molecule has 0 aromatic carbocycles. The van der Waals surface area contributed by atoms with Crippen molar-refractivity contribution in [3.8, 4) is 6.07 Å². The SMILES string of the molecule is CCN1CCN(CC(=O)CC#N)CC1. The van der Waals surface area contributed by atoms with Gasteiger partial charge in [-0.3, -0.25) is 9.69 Å². The molecule has 0 radical (unpaired) electrons. The summed E-state index contributed by atoms with van der Waals surface area (Å²) in [7, 11) is 0. The van der Waals surface area contributed by atoms with Crippen molar-refractivity contribution in [2.24, 2.45) is 0 Å². The van der Waals surface area contributed by atoms with Crippen molar-refractivity contribution in [2.45, 2.75) is 13.3 Å². The van der Waals surface area contributed by atoms with Crippen molar-refractivity contribution < 1.29 is 4.79 Å². The number of rotatable bonds is 4. The molecule has 1 aliphatic rings. The average molecular weight is 195 g/mol. The van der Waals surface area contributed by atoms with Gasteiger partial charge in [-0.05, 0) is 6.54 Å². The number of nitrogens with zero attached hydrogens (tertiary/aromatic N) is 3. The van der Waals surface area contributed by atoms with Crippen LogP contribution in [0.5, 0.6) is 0 Å². The Morgan fingerprint density at radius 1 is 1.29 bits per heavy atom. The maximum Gasteiger partial charge on any atom is 0.160 e. The number of likely N-dealkylation sites (N-methyl/N-ethyl adjacent to an activating group) is 1. The minimum atomic E-state index is 0.0393. The second kappa shape index (κ2) is 5.74. The third kappa shape index (κ3) is 3.44. The third-order valence-electron chi connectivity index (χ3n) is 2.59.